The van der Waals surface area contributed by atoms with Crippen molar-refractivity contribution < 1.29 is 4.52 Å². The first-order valence-electron chi connectivity index (χ1n) is 7.47. The third-order valence-corrected chi connectivity index (χ3v) is 4.49. The number of nitrogens with zero attached hydrogens (tertiary/aromatic N) is 4. The first-order valence-corrected chi connectivity index (χ1v) is 8.83. The molecule has 124 valence electrons. The molecule has 0 bridgehead atoms. The maximum Gasteiger partial charge on any atom is 0.237 e. The highest BCUT2D eigenvalue weighted by molar-refractivity contribution is 7.98. The molecule has 0 saturated carbocycles. The van der Waals surface area contributed by atoms with Gasteiger partial charge in [-0.25, -0.2) is 4.98 Å². The zero-order valence-corrected chi connectivity index (χ0v) is 14.5. The predicted octanol–water partition coefficient (Wildman–Crippen LogP) is 4.47. The van der Waals surface area contributed by atoms with Crippen molar-refractivity contribution in [1.82, 2.24) is 25.3 Å². The van der Waals surface area contributed by atoms with Gasteiger partial charge in [-0.3, -0.25) is 5.10 Å². The third-order valence-electron chi connectivity index (χ3n) is 3.41. The smallest absolute Gasteiger partial charge is 0.237 e. The number of thioether (sulfide) groups is 1. The summed E-state index contributed by atoms with van der Waals surface area (Å²) < 4.78 is 5.28. The Hall–Kier alpha value is -2.64. The lowest BCUT2D eigenvalue weighted by molar-refractivity contribution is 0.391. The summed E-state index contributed by atoms with van der Waals surface area (Å²) in [5, 5.41) is 12.4. The van der Waals surface area contributed by atoms with Gasteiger partial charge in [0.15, 0.2) is 5.82 Å². The maximum atomic E-state index is 5.88. The van der Waals surface area contributed by atoms with Crippen LogP contribution in [-0.2, 0) is 5.75 Å². The molecule has 25 heavy (non-hydrogen) atoms. The molecule has 2 heterocycles. The molecule has 0 aliphatic rings. The second-order valence-corrected chi connectivity index (χ2v) is 6.52. The molecular formula is C17H12ClN5OS. The van der Waals surface area contributed by atoms with Gasteiger partial charge in [-0.2, -0.15) is 4.98 Å². The van der Waals surface area contributed by atoms with Gasteiger partial charge in [0.25, 0.3) is 0 Å². The molecule has 0 aliphatic carbocycles. The molecule has 0 unspecified atom stereocenters. The van der Waals surface area contributed by atoms with Crippen LogP contribution < -0.4 is 0 Å². The average Bonchev–Trinajstić information content (AvgIpc) is 3.31. The number of rotatable bonds is 5. The normalized spacial score (nSPS) is 10.9. The van der Waals surface area contributed by atoms with Crippen LogP contribution in [0.1, 0.15) is 5.89 Å². The highest BCUT2D eigenvalue weighted by Gasteiger charge is 2.11. The van der Waals surface area contributed by atoms with Crippen molar-refractivity contribution >= 4 is 23.4 Å². The van der Waals surface area contributed by atoms with E-state index in [4.69, 9.17) is 16.1 Å². The lowest BCUT2D eigenvalue weighted by Crippen LogP contribution is -1.84. The zero-order chi connectivity index (χ0) is 17.1. The van der Waals surface area contributed by atoms with Crippen molar-refractivity contribution in [3.8, 4) is 22.8 Å². The van der Waals surface area contributed by atoms with Gasteiger partial charge < -0.3 is 4.52 Å². The number of aromatic amines is 1. The highest BCUT2D eigenvalue weighted by atomic mass is 35.5. The topological polar surface area (TPSA) is 80.5 Å². The Morgan fingerprint density at radius 2 is 1.76 bits per heavy atom. The Morgan fingerprint density at radius 1 is 0.960 bits per heavy atom. The molecule has 0 aliphatic heterocycles. The predicted molar refractivity (Wildman–Crippen MR) is 96.1 cm³/mol. The molecule has 8 heteroatoms. The Balaban J connectivity index is 1.42. The summed E-state index contributed by atoms with van der Waals surface area (Å²) in [4.78, 5) is 8.84. The molecule has 6 nitrogen and oxygen atoms in total. The lowest BCUT2D eigenvalue weighted by atomic mass is 10.2. The number of aromatic nitrogens is 5. The van der Waals surface area contributed by atoms with Gasteiger partial charge in [0.2, 0.25) is 16.9 Å². The third kappa shape index (κ3) is 3.72. The summed E-state index contributed by atoms with van der Waals surface area (Å²) in [5.41, 5.74) is 1.85. The van der Waals surface area contributed by atoms with Crippen molar-refractivity contribution in [2.75, 3.05) is 0 Å². The molecule has 0 radical (unpaired) electrons. The van der Waals surface area contributed by atoms with Crippen molar-refractivity contribution in [3.05, 3.63) is 65.5 Å². The molecular weight excluding hydrogens is 358 g/mol. The van der Waals surface area contributed by atoms with Gasteiger partial charge in [0.1, 0.15) is 0 Å². The minimum Gasteiger partial charge on any atom is -0.338 e. The van der Waals surface area contributed by atoms with Gasteiger partial charge in [-0.15, -0.1) is 5.10 Å². The standard InChI is InChI=1S/C17H12ClN5OS/c18-13-8-6-12(7-9-13)16-19-14(24-23-16)10-25-17-20-15(21-22-17)11-4-2-1-3-5-11/h1-9H,10H2,(H,20,21,22). The fraction of sp³-hybridized carbons (Fsp3) is 0.0588. The maximum absolute atomic E-state index is 5.88. The molecule has 0 fully saturated rings. The molecule has 0 atom stereocenters. The first kappa shape index (κ1) is 15.9. The first-order chi connectivity index (χ1) is 12.3. The zero-order valence-electron chi connectivity index (χ0n) is 12.9. The Kier molecular flexibility index (Phi) is 4.49. The number of H-pyrrole nitrogens is 1. The molecule has 0 saturated heterocycles. The summed E-state index contributed by atoms with van der Waals surface area (Å²) in [6.07, 6.45) is 0. The Morgan fingerprint density at radius 3 is 2.56 bits per heavy atom. The molecule has 4 rings (SSSR count). The molecule has 2 aromatic carbocycles. The minimum atomic E-state index is 0.493. The second-order valence-electron chi connectivity index (χ2n) is 5.14. The molecule has 0 amide bonds. The number of halogens is 1. The van der Waals surface area contributed by atoms with Crippen molar-refractivity contribution in [1.29, 1.82) is 0 Å². The van der Waals surface area contributed by atoms with E-state index in [-0.39, 0.29) is 0 Å². The highest BCUT2D eigenvalue weighted by Crippen LogP contribution is 2.23. The van der Waals surface area contributed by atoms with Gasteiger partial charge in [-0.05, 0) is 24.3 Å². The number of hydrogen-bond acceptors (Lipinski definition) is 6. The van der Waals surface area contributed by atoms with Crippen LogP contribution in [0.4, 0.5) is 0 Å². The van der Waals surface area contributed by atoms with Crippen LogP contribution in [0.15, 0.2) is 64.3 Å². The van der Waals surface area contributed by atoms with E-state index in [9.17, 15) is 0 Å². The van der Waals surface area contributed by atoms with Gasteiger partial charge >= 0.3 is 0 Å². The summed E-state index contributed by atoms with van der Waals surface area (Å²) >= 11 is 7.31. The van der Waals surface area contributed by atoms with Crippen LogP contribution in [0.3, 0.4) is 0 Å². The lowest BCUT2D eigenvalue weighted by Gasteiger charge is -1.93. The number of benzene rings is 2. The molecule has 2 aromatic heterocycles. The molecule has 1 N–H and O–H groups in total. The largest absolute Gasteiger partial charge is 0.338 e. The summed E-state index contributed by atoms with van der Waals surface area (Å²) in [5.74, 6) is 2.27. The van der Waals surface area contributed by atoms with E-state index in [1.165, 1.54) is 11.8 Å². The number of hydrogen-bond donors (Lipinski definition) is 1. The van der Waals surface area contributed by atoms with E-state index in [2.05, 4.69) is 25.3 Å². The Bertz CT molecular complexity index is 968. The van der Waals surface area contributed by atoms with Crippen LogP contribution in [0, 0.1) is 0 Å². The van der Waals surface area contributed by atoms with Crippen LogP contribution in [0.25, 0.3) is 22.8 Å². The summed E-state index contributed by atoms with van der Waals surface area (Å²) in [6, 6.07) is 17.1. The van der Waals surface area contributed by atoms with Gasteiger partial charge in [-0.1, -0.05) is 58.9 Å². The number of nitrogens with one attached hydrogen (secondary N) is 1. The fourth-order valence-corrected chi connectivity index (χ4v) is 2.95. The van der Waals surface area contributed by atoms with E-state index in [1.807, 2.05) is 42.5 Å². The molecule has 4 aromatic rings. The van der Waals surface area contributed by atoms with Crippen molar-refractivity contribution in [2.24, 2.45) is 0 Å². The summed E-state index contributed by atoms with van der Waals surface area (Å²) in [7, 11) is 0. The van der Waals surface area contributed by atoms with E-state index < -0.39 is 0 Å². The van der Waals surface area contributed by atoms with Crippen LogP contribution in [0.5, 0.6) is 0 Å². The van der Waals surface area contributed by atoms with Crippen LogP contribution in [0.2, 0.25) is 5.02 Å². The van der Waals surface area contributed by atoms with Gasteiger partial charge in [0, 0.05) is 16.1 Å². The minimum absolute atomic E-state index is 0.493. The Labute approximate surface area is 152 Å². The fourth-order valence-electron chi connectivity index (χ4n) is 2.19. The second kappa shape index (κ2) is 7.08. The summed E-state index contributed by atoms with van der Waals surface area (Å²) in [6.45, 7) is 0. The van der Waals surface area contributed by atoms with Crippen LogP contribution in [-0.4, -0.2) is 25.3 Å². The van der Waals surface area contributed by atoms with E-state index in [0.29, 0.717) is 27.6 Å². The molecule has 0 spiro atoms. The van der Waals surface area contributed by atoms with E-state index in [0.717, 1.165) is 17.0 Å². The SMILES string of the molecule is Clc1ccc(-c2noc(CSc3n[nH]c(-c4ccccc4)n3)n2)cc1. The quantitative estimate of drug-likeness (QED) is 0.523. The average molecular weight is 370 g/mol. The monoisotopic (exact) mass is 369 g/mol. The van der Waals surface area contributed by atoms with Gasteiger partial charge in [0.05, 0.1) is 5.75 Å². The van der Waals surface area contributed by atoms with E-state index in [1.54, 1.807) is 12.1 Å². The van der Waals surface area contributed by atoms with Crippen molar-refractivity contribution in [3.63, 3.8) is 0 Å². The van der Waals surface area contributed by atoms with Crippen LogP contribution >= 0.6 is 23.4 Å². The van der Waals surface area contributed by atoms with Crippen molar-refractivity contribution in [2.45, 2.75) is 10.9 Å². The van der Waals surface area contributed by atoms with E-state index >= 15 is 0 Å².